The minimum atomic E-state index is -0.137. The molecule has 1 fully saturated rings. The molecular formula is C12H15BrN2O2. The Balaban J connectivity index is 2.01. The summed E-state index contributed by atoms with van der Waals surface area (Å²) in [6.45, 7) is 1.83. The van der Waals surface area contributed by atoms with Crippen molar-refractivity contribution in [1.29, 1.82) is 0 Å². The van der Waals surface area contributed by atoms with E-state index in [4.69, 9.17) is 0 Å². The fourth-order valence-electron chi connectivity index (χ4n) is 1.90. The smallest absolute Gasteiger partial charge is 0.251 e. The number of halogens is 1. The molecule has 1 heterocycles. The molecule has 5 heteroatoms. The Hall–Kier alpha value is -1.07. The summed E-state index contributed by atoms with van der Waals surface area (Å²) in [7, 11) is 0. The van der Waals surface area contributed by atoms with Crippen molar-refractivity contribution in [3.8, 4) is 5.75 Å². The van der Waals surface area contributed by atoms with E-state index in [1.54, 1.807) is 12.1 Å². The van der Waals surface area contributed by atoms with Crippen molar-refractivity contribution in [3.63, 3.8) is 0 Å². The quantitative estimate of drug-likeness (QED) is 0.778. The van der Waals surface area contributed by atoms with Gasteiger partial charge in [-0.2, -0.15) is 0 Å². The largest absolute Gasteiger partial charge is 0.507 e. The Morgan fingerprint density at radius 3 is 3.00 bits per heavy atom. The van der Waals surface area contributed by atoms with Crippen molar-refractivity contribution in [3.05, 3.63) is 28.2 Å². The maximum absolute atomic E-state index is 11.9. The van der Waals surface area contributed by atoms with Gasteiger partial charge in [0.2, 0.25) is 0 Å². The highest BCUT2D eigenvalue weighted by atomic mass is 79.9. The zero-order valence-corrected chi connectivity index (χ0v) is 11.0. The molecule has 1 saturated heterocycles. The number of amides is 1. The van der Waals surface area contributed by atoms with Crippen LogP contribution in [0.5, 0.6) is 5.75 Å². The third kappa shape index (κ3) is 3.20. The standard InChI is InChI=1S/C12H15BrN2O2/c13-10-4-3-8(6-11(10)16)12(17)15-9-2-1-5-14-7-9/h3-4,6,9,14,16H,1-2,5,7H2,(H,15,17)/t9-/m1/s1. The van der Waals surface area contributed by atoms with E-state index >= 15 is 0 Å². The maximum Gasteiger partial charge on any atom is 0.251 e. The first kappa shape index (κ1) is 12.4. The van der Waals surface area contributed by atoms with E-state index in [9.17, 15) is 9.90 Å². The molecule has 0 radical (unpaired) electrons. The van der Waals surface area contributed by atoms with Gasteiger partial charge in [0.1, 0.15) is 5.75 Å². The van der Waals surface area contributed by atoms with Gasteiger partial charge in [0.25, 0.3) is 5.91 Å². The highest BCUT2D eigenvalue weighted by molar-refractivity contribution is 9.10. The van der Waals surface area contributed by atoms with Crippen LogP contribution in [0.2, 0.25) is 0 Å². The number of hydrogen-bond acceptors (Lipinski definition) is 3. The lowest BCUT2D eigenvalue weighted by Gasteiger charge is -2.23. The van der Waals surface area contributed by atoms with Crippen LogP contribution in [0.25, 0.3) is 0 Å². The Bertz CT molecular complexity index is 417. The van der Waals surface area contributed by atoms with Crippen molar-refractivity contribution in [2.24, 2.45) is 0 Å². The molecule has 4 nitrogen and oxygen atoms in total. The van der Waals surface area contributed by atoms with Crippen molar-refractivity contribution in [2.45, 2.75) is 18.9 Å². The molecule has 1 aliphatic rings. The third-order valence-electron chi connectivity index (χ3n) is 2.84. The lowest BCUT2D eigenvalue weighted by molar-refractivity contribution is 0.0930. The van der Waals surface area contributed by atoms with Crippen LogP contribution in [0.15, 0.2) is 22.7 Å². The molecule has 1 aromatic carbocycles. The summed E-state index contributed by atoms with van der Waals surface area (Å²) in [4.78, 5) is 11.9. The predicted octanol–water partition coefficient (Wildman–Crippen LogP) is 1.64. The molecule has 0 aliphatic carbocycles. The number of carbonyl (C=O) groups is 1. The maximum atomic E-state index is 11.9. The van der Waals surface area contributed by atoms with Gasteiger partial charge in [-0.15, -0.1) is 0 Å². The van der Waals surface area contributed by atoms with E-state index in [1.807, 2.05) is 0 Å². The number of phenolic OH excluding ortho intramolecular Hbond substituents is 1. The van der Waals surface area contributed by atoms with E-state index < -0.39 is 0 Å². The Morgan fingerprint density at radius 2 is 2.35 bits per heavy atom. The zero-order valence-electron chi connectivity index (χ0n) is 9.37. The van der Waals surface area contributed by atoms with Crippen molar-refractivity contribution in [1.82, 2.24) is 10.6 Å². The summed E-state index contributed by atoms with van der Waals surface area (Å²) in [6.07, 6.45) is 2.08. The number of aromatic hydroxyl groups is 1. The average molecular weight is 299 g/mol. The van der Waals surface area contributed by atoms with Gasteiger partial charge in [-0.3, -0.25) is 4.79 Å². The van der Waals surface area contributed by atoms with Gasteiger partial charge in [-0.1, -0.05) is 0 Å². The topological polar surface area (TPSA) is 61.4 Å². The fraction of sp³-hybridized carbons (Fsp3) is 0.417. The highest BCUT2D eigenvalue weighted by Crippen LogP contribution is 2.24. The van der Waals surface area contributed by atoms with Crippen LogP contribution >= 0.6 is 15.9 Å². The molecule has 1 aliphatic heterocycles. The normalized spacial score (nSPS) is 19.9. The SMILES string of the molecule is O=C(N[C@@H]1CCCNC1)c1ccc(Br)c(O)c1. The predicted molar refractivity (Wildman–Crippen MR) is 69.2 cm³/mol. The molecule has 0 spiro atoms. The van der Waals surface area contributed by atoms with E-state index in [-0.39, 0.29) is 17.7 Å². The van der Waals surface area contributed by atoms with Gasteiger partial charge in [0, 0.05) is 18.2 Å². The average Bonchev–Trinajstić information content (AvgIpc) is 2.34. The second kappa shape index (κ2) is 5.51. The van der Waals surface area contributed by atoms with Crippen LogP contribution < -0.4 is 10.6 Å². The molecule has 1 aromatic rings. The van der Waals surface area contributed by atoms with E-state index in [0.29, 0.717) is 10.0 Å². The second-order valence-electron chi connectivity index (χ2n) is 4.18. The number of benzene rings is 1. The number of hydrogen-bond donors (Lipinski definition) is 3. The molecule has 3 N–H and O–H groups in total. The molecule has 1 atom stereocenters. The second-order valence-corrected chi connectivity index (χ2v) is 5.04. The van der Waals surface area contributed by atoms with Crippen LogP contribution in [0.3, 0.4) is 0 Å². The van der Waals surface area contributed by atoms with E-state index in [1.165, 1.54) is 6.07 Å². The van der Waals surface area contributed by atoms with Crippen molar-refractivity contribution in [2.75, 3.05) is 13.1 Å². The monoisotopic (exact) mass is 298 g/mol. The molecular weight excluding hydrogens is 284 g/mol. The van der Waals surface area contributed by atoms with Gasteiger partial charge in [-0.05, 0) is 53.5 Å². The third-order valence-corrected chi connectivity index (χ3v) is 3.51. The van der Waals surface area contributed by atoms with Crippen molar-refractivity contribution >= 4 is 21.8 Å². The Morgan fingerprint density at radius 1 is 1.53 bits per heavy atom. The number of carbonyl (C=O) groups excluding carboxylic acids is 1. The van der Waals surface area contributed by atoms with Gasteiger partial charge in [0.05, 0.1) is 4.47 Å². The summed E-state index contributed by atoms with van der Waals surface area (Å²) in [5.74, 6) is -0.0547. The first-order valence-electron chi connectivity index (χ1n) is 5.67. The Kier molecular flexibility index (Phi) is 4.02. The summed E-state index contributed by atoms with van der Waals surface area (Å²) in [6, 6.07) is 5.01. The highest BCUT2D eigenvalue weighted by Gasteiger charge is 2.16. The fourth-order valence-corrected chi connectivity index (χ4v) is 2.14. The van der Waals surface area contributed by atoms with Gasteiger partial charge in [-0.25, -0.2) is 0 Å². The van der Waals surface area contributed by atoms with E-state index in [0.717, 1.165) is 25.9 Å². The summed E-state index contributed by atoms with van der Waals surface area (Å²) < 4.78 is 0.591. The van der Waals surface area contributed by atoms with Crippen LogP contribution in [-0.2, 0) is 0 Å². The molecule has 0 unspecified atom stereocenters. The number of rotatable bonds is 2. The zero-order chi connectivity index (χ0) is 12.3. The van der Waals surface area contributed by atoms with Crippen LogP contribution in [-0.4, -0.2) is 30.1 Å². The van der Waals surface area contributed by atoms with Crippen LogP contribution in [0.1, 0.15) is 23.2 Å². The number of nitrogens with one attached hydrogen (secondary N) is 2. The van der Waals surface area contributed by atoms with Gasteiger partial charge in [0.15, 0.2) is 0 Å². The Labute approximate surface area is 109 Å². The molecule has 92 valence electrons. The van der Waals surface area contributed by atoms with E-state index in [2.05, 4.69) is 26.6 Å². The minimum Gasteiger partial charge on any atom is -0.507 e. The van der Waals surface area contributed by atoms with Gasteiger partial charge < -0.3 is 15.7 Å². The number of piperidine rings is 1. The summed E-state index contributed by atoms with van der Waals surface area (Å²) in [5, 5.41) is 15.7. The molecule has 1 amide bonds. The molecule has 2 rings (SSSR count). The van der Waals surface area contributed by atoms with Crippen LogP contribution in [0, 0.1) is 0 Å². The number of phenols is 1. The lowest BCUT2D eigenvalue weighted by atomic mass is 10.1. The van der Waals surface area contributed by atoms with Crippen molar-refractivity contribution < 1.29 is 9.90 Å². The summed E-state index contributed by atoms with van der Waals surface area (Å²) >= 11 is 3.19. The molecule has 17 heavy (non-hydrogen) atoms. The molecule has 0 saturated carbocycles. The lowest BCUT2D eigenvalue weighted by Crippen LogP contribution is -2.45. The molecule has 0 bridgehead atoms. The minimum absolute atomic E-state index is 0.0828. The summed E-state index contributed by atoms with van der Waals surface area (Å²) in [5.41, 5.74) is 0.483. The van der Waals surface area contributed by atoms with Crippen LogP contribution in [0.4, 0.5) is 0 Å². The first-order valence-corrected chi connectivity index (χ1v) is 6.46. The van der Waals surface area contributed by atoms with Gasteiger partial charge >= 0.3 is 0 Å². The first-order chi connectivity index (χ1) is 8.16. The molecule has 0 aromatic heterocycles.